The Morgan fingerprint density at radius 2 is 1.86 bits per heavy atom. The van der Waals surface area contributed by atoms with Gasteiger partial charge in [-0.25, -0.2) is 0 Å². The zero-order valence-corrected chi connectivity index (χ0v) is 11.5. The van der Waals surface area contributed by atoms with Gasteiger partial charge in [-0.3, -0.25) is 9.79 Å². The van der Waals surface area contributed by atoms with Crippen LogP contribution in [0.5, 0.6) is 5.88 Å². The third-order valence-electron chi connectivity index (χ3n) is 3.34. The van der Waals surface area contributed by atoms with Crippen LogP contribution < -0.4 is 0 Å². The van der Waals surface area contributed by atoms with E-state index in [0.29, 0.717) is 11.1 Å². The van der Waals surface area contributed by atoms with Gasteiger partial charge in [0.15, 0.2) is 11.7 Å². The van der Waals surface area contributed by atoms with Gasteiger partial charge in [0.25, 0.3) is 0 Å². The third kappa shape index (κ3) is 2.56. The summed E-state index contributed by atoms with van der Waals surface area (Å²) in [6.45, 7) is 1.53. The van der Waals surface area contributed by atoms with Gasteiger partial charge in [-0.05, 0) is 37.3 Å². The Morgan fingerprint density at radius 1 is 1.14 bits per heavy atom. The molecule has 2 N–H and O–H groups in total. The topological polar surface area (TPSA) is 65.4 Å². The molecule has 0 saturated heterocycles. The monoisotopic (exact) mass is 278 g/mol. The number of carbonyl (C=O) groups excluding carboxylic acids is 1. The summed E-state index contributed by atoms with van der Waals surface area (Å²) in [6, 6.07) is 14.7. The molecule has 0 unspecified atom stereocenters. The van der Waals surface area contributed by atoms with Gasteiger partial charge in [0.2, 0.25) is 0 Å². The fraction of sp³-hybridized carbons (Fsp3) is 0.0588. The highest BCUT2D eigenvalue weighted by atomic mass is 16.3. The number of hydrogen-bond acceptors (Lipinski definition) is 3. The lowest BCUT2D eigenvalue weighted by Crippen LogP contribution is -1.89. The lowest BCUT2D eigenvalue weighted by molar-refractivity contribution is 0.101. The third-order valence-corrected chi connectivity index (χ3v) is 3.34. The maximum atomic E-state index is 11.2. The van der Waals surface area contributed by atoms with Gasteiger partial charge in [-0.2, -0.15) is 0 Å². The fourth-order valence-electron chi connectivity index (χ4n) is 2.20. The number of H-pyrrole nitrogens is 1. The molecule has 0 spiro atoms. The summed E-state index contributed by atoms with van der Waals surface area (Å²) in [5.74, 6) is 0.125. The van der Waals surface area contributed by atoms with E-state index in [1.54, 1.807) is 30.5 Å². The molecular formula is C17H14N2O2. The van der Waals surface area contributed by atoms with Gasteiger partial charge >= 0.3 is 0 Å². The zero-order valence-electron chi connectivity index (χ0n) is 11.5. The van der Waals surface area contributed by atoms with Crippen molar-refractivity contribution in [2.75, 3.05) is 0 Å². The van der Waals surface area contributed by atoms with E-state index in [2.05, 4.69) is 9.98 Å². The fourth-order valence-corrected chi connectivity index (χ4v) is 2.20. The van der Waals surface area contributed by atoms with E-state index in [0.717, 1.165) is 16.6 Å². The standard InChI is InChI=1S/C17H14N2O2/c1-11(20)12-6-8-13(9-7-12)18-10-15-14-4-2-3-5-16(14)19-17(15)21/h2-10,19,21H,1H3. The second kappa shape index (κ2) is 5.25. The molecule has 3 rings (SSSR count). The number of rotatable bonds is 3. The molecule has 104 valence electrons. The molecule has 0 aliphatic heterocycles. The van der Waals surface area contributed by atoms with Crippen molar-refractivity contribution in [3.63, 3.8) is 0 Å². The van der Waals surface area contributed by atoms with Crippen molar-refractivity contribution < 1.29 is 9.90 Å². The predicted octanol–water partition coefficient (Wildman–Crippen LogP) is 3.83. The van der Waals surface area contributed by atoms with Crippen molar-refractivity contribution >= 4 is 28.6 Å². The molecule has 1 aromatic heterocycles. The van der Waals surface area contributed by atoms with E-state index in [4.69, 9.17) is 0 Å². The Kier molecular flexibility index (Phi) is 3.28. The zero-order chi connectivity index (χ0) is 14.8. The number of benzene rings is 2. The van der Waals surface area contributed by atoms with Crippen molar-refractivity contribution in [3.05, 3.63) is 59.7 Å². The normalized spacial score (nSPS) is 11.3. The number of nitrogens with zero attached hydrogens (tertiary/aromatic N) is 1. The van der Waals surface area contributed by atoms with Crippen LogP contribution >= 0.6 is 0 Å². The largest absolute Gasteiger partial charge is 0.494 e. The lowest BCUT2D eigenvalue weighted by atomic mass is 10.1. The molecule has 2 aromatic carbocycles. The molecule has 1 heterocycles. The SMILES string of the molecule is CC(=O)c1ccc(N=Cc2c(O)[nH]c3ccccc23)cc1. The Hall–Kier alpha value is -2.88. The van der Waals surface area contributed by atoms with Crippen LogP contribution in [0.15, 0.2) is 53.5 Å². The Balaban J connectivity index is 1.94. The van der Waals surface area contributed by atoms with Crippen LogP contribution in [0, 0.1) is 0 Å². The van der Waals surface area contributed by atoms with Gasteiger partial charge in [-0.1, -0.05) is 18.2 Å². The highest BCUT2D eigenvalue weighted by Crippen LogP contribution is 2.26. The number of hydrogen-bond donors (Lipinski definition) is 2. The number of fused-ring (bicyclic) bond motifs is 1. The number of nitrogens with one attached hydrogen (secondary N) is 1. The van der Waals surface area contributed by atoms with Crippen LogP contribution in [0.2, 0.25) is 0 Å². The lowest BCUT2D eigenvalue weighted by Gasteiger charge is -1.97. The van der Waals surface area contributed by atoms with Gasteiger partial charge < -0.3 is 10.1 Å². The van der Waals surface area contributed by atoms with Crippen LogP contribution in [0.3, 0.4) is 0 Å². The van der Waals surface area contributed by atoms with E-state index < -0.39 is 0 Å². The number of aromatic amines is 1. The second-order valence-electron chi connectivity index (χ2n) is 4.79. The molecule has 4 heteroatoms. The molecule has 0 radical (unpaired) electrons. The second-order valence-corrected chi connectivity index (χ2v) is 4.79. The number of carbonyl (C=O) groups is 1. The average molecular weight is 278 g/mol. The highest BCUT2D eigenvalue weighted by Gasteiger charge is 2.07. The molecule has 0 saturated carbocycles. The Morgan fingerprint density at radius 3 is 2.57 bits per heavy atom. The molecule has 3 aromatic rings. The first-order chi connectivity index (χ1) is 10.1. The summed E-state index contributed by atoms with van der Waals surface area (Å²) in [6.07, 6.45) is 1.62. The number of Topliss-reactive ketones (excluding diaryl/α,β-unsaturated/α-hetero) is 1. The molecule has 0 atom stereocenters. The molecule has 4 nitrogen and oxygen atoms in total. The maximum Gasteiger partial charge on any atom is 0.198 e. The van der Waals surface area contributed by atoms with E-state index in [1.807, 2.05) is 24.3 Å². The van der Waals surface area contributed by atoms with Gasteiger partial charge in [0, 0.05) is 22.7 Å². The van der Waals surface area contributed by atoms with Crippen LogP contribution in [-0.4, -0.2) is 22.1 Å². The van der Waals surface area contributed by atoms with Crippen LogP contribution in [0.1, 0.15) is 22.8 Å². The Labute approximate surface area is 121 Å². The minimum Gasteiger partial charge on any atom is -0.494 e. The summed E-state index contributed by atoms with van der Waals surface area (Å²) >= 11 is 0. The maximum absolute atomic E-state index is 11.2. The predicted molar refractivity (Wildman–Crippen MR) is 83.7 cm³/mol. The number of aromatic hydroxyl groups is 1. The van der Waals surface area contributed by atoms with Crippen molar-refractivity contribution in [1.29, 1.82) is 0 Å². The molecule has 0 aliphatic carbocycles. The first-order valence-electron chi connectivity index (χ1n) is 6.60. The summed E-state index contributed by atoms with van der Waals surface area (Å²) in [5, 5.41) is 10.9. The van der Waals surface area contributed by atoms with Crippen molar-refractivity contribution in [1.82, 2.24) is 4.98 Å². The van der Waals surface area contributed by atoms with Crippen LogP contribution in [0.25, 0.3) is 10.9 Å². The van der Waals surface area contributed by atoms with Gasteiger partial charge in [0.1, 0.15) is 0 Å². The van der Waals surface area contributed by atoms with E-state index >= 15 is 0 Å². The summed E-state index contributed by atoms with van der Waals surface area (Å²) in [7, 11) is 0. The van der Waals surface area contributed by atoms with Gasteiger partial charge in [-0.15, -0.1) is 0 Å². The Bertz CT molecular complexity index is 830. The first-order valence-corrected chi connectivity index (χ1v) is 6.60. The molecule has 0 bridgehead atoms. The molecule has 0 amide bonds. The molecule has 0 fully saturated rings. The van der Waals surface area contributed by atoms with Gasteiger partial charge in [0.05, 0.1) is 11.3 Å². The number of aromatic nitrogens is 1. The van der Waals surface area contributed by atoms with Crippen molar-refractivity contribution in [2.45, 2.75) is 6.92 Å². The van der Waals surface area contributed by atoms with Crippen LogP contribution in [0.4, 0.5) is 5.69 Å². The first kappa shape index (κ1) is 13.1. The number of aliphatic imine (C=N–C) groups is 1. The van der Waals surface area contributed by atoms with E-state index in [1.165, 1.54) is 6.92 Å². The molecule has 0 aliphatic rings. The summed E-state index contributed by atoms with van der Waals surface area (Å²) in [4.78, 5) is 18.5. The smallest absolute Gasteiger partial charge is 0.198 e. The highest BCUT2D eigenvalue weighted by molar-refractivity contribution is 6.02. The van der Waals surface area contributed by atoms with E-state index in [9.17, 15) is 9.90 Å². The summed E-state index contributed by atoms with van der Waals surface area (Å²) in [5.41, 5.74) is 2.90. The minimum absolute atomic E-state index is 0.0276. The number of ketones is 1. The van der Waals surface area contributed by atoms with E-state index in [-0.39, 0.29) is 11.7 Å². The van der Waals surface area contributed by atoms with Crippen LogP contribution in [-0.2, 0) is 0 Å². The van der Waals surface area contributed by atoms with Crippen molar-refractivity contribution in [3.8, 4) is 5.88 Å². The average Bonchev–Trinajstić information content (AvgIpc) is 2.81. The summed E-state index contributed by atoms with van der Waals surface area (Å²) < 4.78 is 0. The quantitative estimate of drug-likeness (QED) is 0.565. The number of para-hydroxylation sites is 1. The molecule has 21 heavy (non-hydrogen) atoms. The minimum atomic E-state index is 0.0276. The van der Waals surface area contributed by atoms with Crippen molar-refractivity contribution in [2.24, 2.45) is 4.99 Å². The molecular weight excluding hydrogens is 264 g/mol.